The number of hydrogen-bond donors (Lipinski definition) is 1. The van der Waals surface area contributed by atoms with Crippen LogP contribution in [-0.2, 0) is 4.74 Å². The van der Waals surface area contributed by atoms with Crippen molar-refractivity contribution in [2.24, 2.45) is 0 Å². The second kappa shape index (κ2) is 5.54. The third-order valence-corrected chi connectivity index (χ3v) is 4.15. The molecule has 5 nitrogen and oxygen atoms in total. The molecule has 0 amide bonds. The Hall–Kier alpha value is -1.66. The molecule has 0 atom stereocenters. The Bertz CT molecular complexity index is 551. The van der Waals surface area contributed by atoms with Crippen molar-refractivity contribution in [2.45, 2.75) is 0 Å². The van der Waals surface area contributed by atoms with E-state index in [1.54, 1.807) is 11.3 Å². The molecule has 0 radical (unpaired) electrons. The molecule has 2 aromatic rings. The van der Waals surface area contributed by atoms with Gasteiger partial charge in [-0.05, 0) is 17.7 Å². The lowest BCUT2D eigenvalue weighted by molar-refractivity contribution is 0.122. The van der Waals surface area contributed by atoms with Crippen molar-refractivity contribution < 1.29 is 4.74 Å². The van der Waals surface area contributed by atoms with Crippen molar-refractivity contribution in [3.8, 4) is 10.4 Å². The lowest BCUT2D eigenvalue weighted by Gasteiger charge is -2.27. The van der Waals surface area contributed by atoms with Gasteiger partial charge in [0.25, 0.3) is 0 Å². The summed E-state index contributed by atoms with van der Waals surface area (Å²) >= 11 is 1.65. The molecule has 2 aromatic heterocycles. The Labute approximate surface area is 116 Å². The summed E-state index contributed by atoms with van der Waals surface area (Å²) < 4.78 is 5.37. The van der Waals surface area contributed by atoms with E-state index in [0.29, 0.717) is 0 Å². The minimum Gasteiger partial charge on any atom is -0.378 e. The summed E-state index contributed by atoms with van der Waals surface area (Å²) in [5.74, 6) is 1.01. The number of ether oxygens (including phenoxy) is 1. The van der Waals surface area contributed by atoms with Crippen LogP contribution in [0.1, 0.15) is 0 Å². The van der Waals surface area contributed by atoms with Crippen LogP contribution in [0.4, 0.5) is 10.9 Å². The Kier molecular flexibility index (Phi) is 3.61. The zero-order chi connectivity index (χ0) is 13.1. The molecule has 3 rings (SSSR count). The van der Waals surface area contributed by atoms with Crippen LogP contribution in [0.5, 0.6) is 0 Å². The first-order valence-electron chi connectivity index (χ1n) is 6.29. The monoisotopic (exact) mass is 276 g/mol. The predicted octanol–water partition coefficient (Wildman–Crippen LogP) is 2.08. The van der Waals surface area contributed by atoms with Gasteiger partial charge in [0.2, 0.25) is 0 Å². The van der Waals surface area contributed by atoms with E-state index in [-0.39, 0.29) is 0 Å². The van der Waals surface area contributed by atoms with Crippen molar-refractivity contribution in [1.82, 2.24) is 9.97 Å². The summed E-state index contributed by atoms with van der Waals surface area (Å²) in [6, 6.07) is 4.15. The van der Waals surface area contributed by atoms with Crippen LogP contribution in [0.15, 0.2) is 24.5 Å². The van der Waals surface area contributed by atoms with Crippen LogP contribution in [0.25, 0.3) is 10.4 Å². The van der Waals surface area contributed by atoms with Gasteiger partial charge in [0, 0.05) is 32.5 Å². The van der Waals surface area contributed by atoms with E-state index >= 15 is 0 Å². The largest absolute Gasteiger partial charge is 0.378 e. The molecule has 100 valence electrons. The van der Waals surface area contributed by atoms with Crippen LogP contribution < -0.4 is 10.2 Å². The SMILES string of the molecule is CNc1ncc(-c2ccnc(N3CCOCC3)c2)s1. The van der Waals surface area contributed by atoms with E-state index < -0.39 is 0 Å². The van der Waals surface area contributed by atoms with E-state index in [4.69, 9.17) is 4.74 Å². The summed E-state index contributed by atoms with van der Waals surface area (Å²) in [4.78, 5) is 12.2. The van der Waals surface area contributed by atoms with Gasteiger partial charge >= 0.3 is 0 Å². The Morgan fingerprint density at radius 1 is 1.32 bits per heavy atom. The third-order valence-electron chi connectivity index (χ3n) is 3.08. The second-order valence-corrected chi connectivity index (χ2v) is 5.31. The molecule has 1 aliphatic rings. The van der Waals surface area contributed by atoms with Gasteiger partial charge in [0.05, 0.1) is 18.1 Å². The highest BCUT2D eigenvalue weighted by Gasteiger charge is 2.13. The van der Waals surface area contributed by atoms with E-state index in [9.17, 15) is 0 Å². The maximum Gasteiger partial charge on any atom is 0.182 e. The summed E-state index contributed by atoms with van der Waals surface area (Å²) in [5, 5.41) is 3.99. The lowest BCUT2D eigenvalue weighted by atomic mass is 10.2. The average Bonchev–Trinajstić information content (AvgIpc) is 2.97. The Morgan fingerprint density at radius 3 is 2.89 bits per heavy atom. The van der Waals surface area contributed by atoms with E-state index in [2.05, 4.69) is 26.3 Å². The van der Waals surface area contributed by atoms with Gasteiger partial charge in [-0.25, -0.2) is 9.97 Å². The van der Waals surface area contributed by atoms with Crippen LogP contribution in [-0.4, -0.2) is 43.3 Å². The molecule has 0 aliphatic carbocycles. The van der Waals surface area contributed by atoms with Crippen LogP contribution in [0.3, 0.4) is 0 Å². The van der Waals surface area contributed by atoms with Gasteiger partial charge in [-0.1, -0.05) is 11.3 Å². The molecule has 0 bridgehead atoms. The van der Waals surface area contributed by atoms with Crippen molar-refractivity contribution in [2.75, 3.05) is 43.6 Å². The zero-order valence-electron chi connectivity index (χ0n) is 10.8. The number of pyridine rings is 1. The minimum atomic E-state index is 0.774. The first-order valence-corrected chi connectivity index (χ1v) is 7.11. The van der Waals surface area contributed by atoms with Gasteiger partial charge in [-0.15, -0.1) is 0 Å². The molecule has 0 spiro atoms. The van der Waals surface area contributed by atoms with Gasteiger partial charge < -0.3 is 15.0 Å². The Balaban J connectivity index is 1.86. The van der Waals surface area contributed by atoms with Crippen molar-refractivity contribution >= 4 is 22.3 Å². The summed E-state index contributed by atoms with van der Waals surface area (Å²) in [5.41, 5.74) is 1.16. The fraction of sp³-hybridized carbons (Fsp3) is 0.385. The summed E-state index contributed by atoms with van der Waals surface area (Å²) in [7, 11) is 1.88. The molecular formula is C13H16N4OS. The van der Waals surface area contributed by atoms with Gasteiger partial charge in [0.1, 0.15) is 5.82 Å². The predicted molar refractivity (Wildman–Crippen MR) is 77.9 cm³/mol. The maximum atomic E-state index is 5.37. The number of nitrogens with one attached hydrogen (secondary N) is 1. The zero-order valence-corrected chi connectivity index (χ0v) is 11.6. The smallest absolute Gasteiger partial charge is 0.182 e. The van der Waals surface area contributed by atoms with Crippen molar-refractivity contribution in [1.29, 1.82) is 0 Å². The molecule has 0 saturated carbocycles. The van der Waals surface area contributed by atoms with E-state index in [1.807, 2.05) is 25.5 Å². The fourth-order valence-corrected chi connectivity index (χ4v) is 2.83. The molecule has 1 aliphatic heterocycles. The maximum absolute atomic E-state index is 5.37. The molecule has 3 heterocycles. The van der Waals surface area contributed by atoms with Gasteiger partial charge in [-0.2, -0.15) is 0 Å². The minimum absolute atomic E-state index is 0.774. The summed E-state index contributed by atoms with van der Waals surface area (Å²) in [6.45, 7) is 3.36. The molecule has 0 aromatic carbocycles. The lowest BCUT2D eigenvalue weighted by Crippen LogP contribution is -2.36. The summed E-state index contributed by atoms with van der Waals surface area (Å²) in [6.07, 6.45) is 3.76. The molecular weight excluding hydrogens is 260 g/mol. The number of thiazole rings is 1. The molecule has 1 fully saturated rings. The van der Waals surface area contributed by atoms with Crippen LogP contribution >= 0.6 is 11.3 Å². The molecule has 1 N–H and O–H groups in total. The third kappa shape index (κ3) is 2.69. The first-order chi connectivity index (χ1) is 9.36. The second-order valence-electron chi connectivity index (χ2n) is 4.28. The molecule has 6 heteroatoms. The van der Waals surface area contributed by atoms with Gasteiger partial charge in [-0.3, -0.25) is 0 Å². The van der Waals surface area contributed by atoms with E-state index in [1.165, 1.54) is 0 Å². The quantitative estimate of drug-likeness (QED) is 0.930. The molecule has 0 unspecified atom stereocenters. The highest BCUT2D eigenvalue weighted by atomic mass is 32.1. The normalized spacial score (nSPS) is 15.5. The number of anilines is 2. The number of nitrogens with zero attached hydrogens (tertiary/aromatic N) is 3. The van der Waals surface area contributed by atoms with E-state index in [0.717, 1.165) is 47.7 Å². The fourth-order valence-electron chi connectivity index (χ4n) is 2.06. The van der Waals surface area contributed by atoms with Crippen molar-refractivity contribution in [3.63, 3.8) is 0 Å². The number of hydrogen-bond acceptors (Lipinski definition) is 6. The standard InChI is InChI=1S/C13H16N4OS/c1-14-13-16-9-11(19-13)10-2-3-15-12(8-10)17-4-6-18-7-5-17/h2-3,8-9H,4-7H2,1H3,(H,14,16). The van der Waals surface area contributed by atoms with Gasteiger partial charge in [0.15, 0.2) is 5.13 Å². The molecule has 1 saturated heterocycles. The number of aromatic nitrogens is 2. The topological polar surface area (TPSA) is 50.3 Å². The number of rotatable bonds is 3. The number of morpholine rings is 1. The van der Waals surface area contributed by atoms with Crippen LogP contribution in [0.2, 0.25) is 0 Å². The average molecular weight is 276 g/mol. The van der Waals surface area contributed by atoms with Crippen molar-refractivity contribution in [3.05, 3.63) is 24.5 Å². The highest BCUT2D eigenvalue weighted by Crippen LogP contribution is 2.30. The first kappa shape index (κ1) is 12.4. The molecule has 19 heavy (non-hydrogen) atoms. The highest BCUT2D eigenvalue weighted by molar-refractivity contribution is 7.18. The van der Waals surface area contributed by atoms with Crippen LogP contribution in [0, 0.1) is 0 Å². The Morgan fingerprint density at radius 2 is 2.16 bits per heavy atom.